The van der Waals surface area contributed by atoms with Crippen molar-refractivity contribution in [3.63, 3.8) is 0 Å². The molecule has 0 saturated heterocycles. The van der Waals surface area contributed by atoms with E-state index in [1.807, 2.05) is 0 Å². The number of hydrogen-bond donors (Lipinski definition) is 2. The predicted octanol–water partition coefficient (Wildman–Crippen LogP) is 4.28. The Morgan fingerprint density at radius 2 is 1.14 bits per heavy atom. The van der Waals surface area contributed by atoms with Crippen LogP contribution in [0.3, 0.4) is 0 Å². The Labute approximate surface area is 141 Å². The molecule has 0 aliphatic rings. The molecule has 2 radical (unpaired) electrons. The van der Waals surface area contributed by atoms with Crippen molar-refractivity contribution < 1.29 is 19.8 Å². The normalized spacial score (nSPS) is 9.71. The van der Waals surface area contributed by atoms with Crippen LogP contribution in [-0.4, -0.2) is 46.4 Å². The van der Waals surface area contributed by atoms with Gasteiger partial charge in [0.05, 0.1) is 0 Å². The Kier molecular flexibility index (Phi) is 29.4. The Morgan fingerprint density at radius 1 is 0.857 bits per heavy atom. The summed E-state index contributed by atoms with van der Waals surface area (Å²) < 4.78 is 4.94. The summed E-state index contributed by atoms with van der Waals surface area (Å²) in [7, 11) is 0. The van der Waals surface area contributed by atoms with Crippen LogP contribution in [0.2, 0.25) is 0 Å². The Bertz CT molecular complexity index is 250. The molecule has 0 saturated carbocycles. The second-order valence-corrected chi connectivity index (χ2v) is 8.18. The first kappa shape index (κ1) is 25.3. The van der Waals surface area contributed by atoms with Gasteiger partial charge in [0, 0.05) is 13.8 Å². The van der Waals surface area contributed by atoms with Gasteiger partial charge in [-0.05, 0) is 0 Å². The number of carboxylic acid groups (broad SMARTS) is 2. The van der Waals surface area contributed by atoms with Crippen LogP contribution in [0, 0.1) is 0 Å². The van der Waals surface area contributed by atoms with E-state index in [1.54, 1.807) is 0 Å². The first-order chi connectivity index (χ1) is 9.88. The van der Waals surface area contributed by atoms with Crippen LogP contribution in [0.15, 0.2) is 19.4 Å². The summed E-state index contributed by atoms with van der Waals surface area (Å²) in [6.45, 7) is 6.67. The summed E-state index contributed by atoms with van der Waals surface area (Å²) in [5, 5.41) is 14.8. The van der Waals surface area contributed by atoms with E-state index in [4.69, 9.17) is 19.8 Å². The van der Waals surface area contributed by atoms with Crippen molar-refractivity contribution in [3.05, 3.63) is 19.4 Å². The van der Waals surface area contributed by atoms with E-state index in [-0.39, 0.29) is 0 Å². The van der Waals surface area contributed by atoms with E-state index >= 15 is 0 Å². The number of carbonyl (C=O) groups is 2. The van der Waals surface area contributed by atoms with Gasteiger partial charge in [-0.15, -0.1) is 0 Å². The molecule has 0 aromatic carbocycles. The van der Waals surface area contributed by atoms with Crippen molar-refractivity contribution in [1.82, 2.24) is 0 Å². The number of aliphatic carboxylic acids is 2. The van der Waals surface area contributed by atoms with Gasteiger partial charge in [0.1, 0.15) is 0 Å². The third-order valence-electron chi connectivity index (χ3n) is 1.88. The summed E-state index contributed by atoms with van der Waals surface area (Å²) in [5.41, 5.74) is 0. The fraction of sp³-hybridized carbons (Fsp3) is 0.625. The second-order valence-electron chi connectivity index (χ2n) is 4.29. The molecule has 0 amide bonds. The van der Waals surface area contributed by atoms with Crippen LogP contribution < -0.4 is 0 Å². The number of rotatable bonds is 8. The van der Waals surface area contributed by atoms with Crippen molar-refractivity contribution in [2.24, 2.45) is 0 Å². The zero-order valence-electron chi connectivity index (χ0n) is 13.8. The summed E-state index contributed by atoms with van der Waals surface area (Å²) in [6.07, 6.45) is 12.7. The topological polar surface area (TPSA) is 74.6 Å². The molecule has 2 N–H and O–H groups in total. The molecular formula is C16H30O4Pb. The Hall–Kier alpha value is -0.658. The van der Waals surface area contributed by atoms with Gasteiger partial charge in [0.25, 0.3) is 11.9 Å². The second kappa shape index (κ2) is 24.4. The maximum absolute atomic E-state index is 9.00. The van der Waals surface area contributed by atoms with Gasteiger partial charge < -0.3 is 10.2 Å². The van der Waals surface area contributed by atoms with Crippen molar-refractivity contribution in [1.29, 1.82) is 0 Å². The molecule has 0 unspecified atom stereocenters. The first-order valence-electron chi connectivity index (χ1n) is 7.33. The fourth-order valence-electron chi connectivity index (χ4n) is 1.00. The number of unbranched alkanes of at least 4 members (excludes halogenated alkanes) is 4. The molecular weight excluding hydrogens is 463 g/mol. The average Bonchev–Trinajstić information content (AvgIpc) is 2.35. The number of hydrogen-bond acceptors (Lipinski definition) is 2. The summed E-state index contributed by atoms with van der Waals surface area (Å²) in [6, 6.07) is 0. The fourth-order valence-corrected chi connectivity index (χ4v) is 3.79. The van der Waals surface area contributed by atoms with Gasteiger partial charge in [-0.1, -0.05) is 0 Å². The van der Waals surface area contributed by atoms with Crippen LogP contribution in [0.4, 0.5) is 0 Å². The molecule has 0 aliphatic heterocycles. The van der Waals surface area contributed by atoms with E-state index in [0.717, 1.165) is 13.8 Å². The van der Waals surface area contributed by atoms with Gasteiger partial charge in [-0.25, -0.2) is 0 Å². The molecule has 0 bridgehead atoms. The van der Waals surface area contributed by atoms with E-state index < -0.39 is 36.2 Å². The van der Waals surface area contributed by atoms with Crippen LogP contribution in [0.25, 0.3) is 0 Å². The molecule has 0 heterocycles. The zero-order valence-corrected chi connectivity index (χ0v) is 17.7. The molecule has 122 valence electrons. The van der Waals surface area contributed by atoms with Crippen molar-refractivity contribution >= 4 is 36.2 Å². The molecule has 0 atom stereocenters. The van der Waals surface area contributed by atoms with Crippen LogP contribution in [-0.2, 0) is 9.59 Å². The standard InChI is InChI=1S/2C6H11.2C2H4O2.Pb/c2*1-3-5-6-4-2;2*1-2(3)4;/h2*1,3H,4-6H2,2H3;2*1H3,(H,3,4);. The third kappa shape index (κ3) is 66.7. The average molecular weight is 494 g/mol. The quantitative estimate of drug-likeness (QED) is 0.391. The maximum atomic E-state index is 9.00. The molecule has 0 spiro atoms. The van der Waals surface area contributed by atoms with Gasteiger partial charge in [0.2, 0.25) is 0 Å². The molecule has 0 rings (SSSR count). The van der Waals surface area contributed by atoms with Crippen molar-refractivity contribution in [2.45, 2.75) is 66.2 Å². The molecule has 0 fully saturated rings. The van der Waals surface area contributed by atoms with Crippen molar-refractivity contribution in [2.75, 3.05) is 0 Å². The first-order valence-corrected chi connectivity index (χ1v) is 11.8. The minimum atomic E-state index is -0.833. The van der Waals surface area contributed by atoms with E-state index in [2.05, 4.69) is 33.3 Å². The molecule has 4 nitrogen and oxygen atoms in total. The van der Waals surface area contributed by atoms with Crippen LogP contribution in [0.1, 0.15) is 66.2 Å². The SMILES string of the molecule is CC(=O)O.CC(=O)O.CCCC/C=[CH]/[Pb]/[CH]=C/CCCC. The summed E-state index contributed by atoms with van der Waals surface area (Å²) in [4.78, 5) is 18.0. The number of allylic oxidation sites excluding steroid dienone is 2. The molecule has 21 heavy (non-hydrogen) atoms. The predicted molar refractivity (Wildman–Crippen MR) is 89.7 cm³/mol. The summed E-state index contributed by atoms with van der Waals surface area (Å²) >= 11 is -0.455. The monoisotopic (exact) mass is 494 g/mol. The van der Waals surface area contributed by atoms with Gasteiger partial charge >= 0.3 is 96.0 Å². The molecule has 5 heteroatoms. The van der Waals surface area contributed by atoms with Crippen molar-refractivity contribution in [3.8, 4) is 0 Å². The number of carboxylic acids is 2. The zero-order chi connectivity index (χ0) is 16.9. The van der Waals surface area contributed by atoms with Crippen LogP contribution >= 0.6 is 0 Å². The summed E-state index contributed by atoms with van der Waals surface area (Å²) in [5.74, 6) is -1.67. The van der Waals surface area contributed by atoms with Crippen LogP contribution in [0.5, 0.6) is 0 Å². The third-order valence-corrected chi connectivity index (χ3v) is 5.21. The molecule has 0 aromatic rings. The van der Waals surface area contributed by atoms with E-state index in [0.29, 0.717) is 0 Å². The minimum absolute atomic E-state index is 0.455. The Morgan fingerprint density at radius 3 is 1.38 bits per heavy atom. The molecule has 0 aliphatic carbocycles. The van der Waals surface area contributed by atoms with Gasteiger partial charge in [-0.3, -0.25) is 9.59 Å². The molecule has 0 aromatic heterocycles. The van der Waals surface area contributed by atoms with E-state index in [9.17, 15) is 0 Å². The van der Waals surface area contributed by atoms with Gasteiger partial charge in [-0.2, -0.15) is 0 Å². The van der Waals surface area contributed by atoms with E-state index in [1.165, 1.54) is 38.5 Å². The Balaban J connectivity index is -0.000000334. The van der Waals surface area contributed by atoms with Gasteiger partial charge in [0.15, 0.2) is 0 Å².